The van der Waals surface area contributed by atoms with Crippen LogP contribution in [-0.4, -0.2) is 27.4 Å². The van der Waals surface area contributed by atoms with E-state index in [1.807, 2.05) is 13.1 Å². The molecule has 0 spiro atoms. The van der Waals surface area contributed by atoms with Crippen LogP contribution in [0, 0.1) is 5.82 Å². The summed E-state index contributed by atoms with van der Waals surface area (Å²) in [4.78, 5) is 0. The first-order valence-corrected chi connectivity index (χ1v) is 5.76. The quantitative estimate of drug-likeness (QED) is 0.707. The highest BCUT2D eigenvalue weighted by Gasteiger charge is 2.03. The van der Waals surface area contributed by atoms with E-state index in [1.165, 1.54) is 6.07 Å². The highest BCUT2D eigenvalue weighted by molar-refractivity contribution is 5.24. The summed E-state index contributed by atoms with van der Waals surface area (Å²) in [5.74, 6) is -0.211. The molecule has 0 aliphatic carbocycles. The number of methoxy groups -OCH3 is 1. The summed E-state index contributed by atoms with van der Waals surface area (Å²) in [6, 6.07) is 5.10. The molecular formula is C13H20FNO2. The number of ether oxygens (including phenoxy) is 2. The fourth-order valence-electron chi connectivity index (χ4n) is 1.54. The summed E-state index contributed by atoms with van der Waals surface area (Å²) in [7, 11) is 3.52. The van der Waals surface area contributed by atoms with E-state index >= 15 is 0 Å². The van der Waals surface area contributed by atoms with Crippen LogP contribution in [0.2, 0.25) is 0 Å². The lowest BCUT2D eigenvalue weighted by Gasteiger charge is -2.07. The SMILES string of the molecule is CNCc1ccc(F)c(COCCCOC)c1. The van der Waals surface area contributed by atoms with Gasteiger partial charge in [0.1, 0.15) is 5.82 Å². The van der Waals surface area contributed by atoms with Crippen LogP contribution in [0.15, 0.2) is 18.2 Å². The van der Waals surface area contributed by atoms with Gasteiger partial charge in [-0.1, -0.05) is 6.07 Å². The lowest BCUT2D eigenvalue weighted by molar-refractivity contribution is 0.0912. The normalized spacial score (nSPS) is 10.8. The Bertz CT molecular complexity index is 331. The first kappa shape index (κ1) is 14.1. The van der Waals surface area contributed by atoms with Crippen molar-refractivity contribution in [3.05, 3.63) is 35.1 Å². The van der Waals surface area contributed by atoms with Crippen LogP contribution in [0.4, 0.5) is 4.39 Å². The van der Waals surface area contributed by atoms with Crippen LogP contribution in [-0.2, 0) is 22.6 Å². The molecule has 17 heavy (non-hydrogen) atoms. The Morgan fingerprint density at radius 1 is 1.29 bits per heavy atom. The average molecular weight is 241 g/mol. The lowest BCUT2D eigenvalue weighted by Crippen LogP contribution is -2.07. The van der Waals surface area contributed by atoms with Gasteiger partial charge in [0, 0.05) is 32.4 Å². The zero-order valence-corrected chi connectivity index (χ0v) is 10.5. The third-order valence-corrected chi connectivity index (χ3v) is 2.39. The predicted octanol–water partition coefficient (Wildman–Crippen LogP) is 2.10. The molecule has 0 aliphatic rings. The third kappa shape index (κ3) is 5.26. The van der Waals surface area contributed by atoms with Gasteiger partial charge in [-0.15, -0.1) is 0 Å². The van der Waals surface area contributed by atoms with Crippen LogP contribution in [0.5, 0.6) is 0 Å². The van der Waals surface area contributed by atoms with Crippen molar-refractivity contribution in [1.29, 1.82) is 0 Å². The standard InChI is InChI=1S/C13H20FNO2/c1-15-9-11-4-5-13(14)12(8-11)10-17-7-3-6-16-2/h4-5,8,15H,3,6-7,9-10H2,1-2H3. The number of hydrogen-bond donors (Lipinski definition) is 1. The molecule has 0 aliphatic heterocycles. The summed E-state index contributed by atoms with van der Waals surface area (Å²) in [5, 5.41) is 3.03. The van der Waals surface area contributed by atoms with Crippen molar-refractivity contribution >= 4 is 0 Å². The molecule has 3 nitrogen and oxygen atoms in total. The Balaban J connectivity index is 2.42. The van der Waals surface area contributed by atoms with Crippen molar-refractivity contribution in [2.75, 3.05) is 27.4 Å². The molecule has 1 N–H and O–H groups in total. The molecular weight excluding hydrogens is 221 g/mol. The fourth-order valence-corrected chi connectivity index (χ4v) is 1.54. The van der Waals surface area contributed by atoms with Gasteiger partial charge < -0.3 is 14.8 Å². The van der Waals surface area contributed by atoms with E-state index in [-0.39, 0.29) is 5.82 Å². The maximum absolute atomic E-state index is 13.5. The largest absolute Gasteiger partial charge is 0.385 e. The summed E-state index contributed by atoms with van der Waals surface area (Å²) in [6.45, 7) is 2.30. The highest BCUT2D eigenvalue weighted by Crippen LogP contribution is 2.12. The van der Waals surface area contributed by atoms with E-state index in [0.29, 0.717) is 25.4 Å². The Morgan fingerprint density at radius 3 is 2.82 bits per heavy atom. The third-order valence-electron chi connectivity index (χ3n) is 2.39. The van der Waals surface area contributed by atoms with Crippen molar-refractivity contribution in [3.8, 4) is 0 Å². The van der Waals surface area contributed by atoms with E-state index < -0.39 is 0 Å². The summed E-state index contributed by atoms with van der Waals surface area (Å²) in [6.07, 6.45) is 0.828. The molecule has 0 radical (unpaired) electrons. The first-order chi connectivity index (χ1) is 8.27. The summed E-state index contributed by atoms with van der Waals surface area (Å²) < 4.78 is 23.8. The second kappa shape index (κ2) is 8.17. The highest BCUT2D eigenvalue weighted by atomic mass is 19.1. The number of nitrogens with one attached hydrogen (secondary N) is 1. The summed E-state index contributed by atoms with van der Waals surface area (Å²) >= 11 is 0. The molecule has 0 saturated carbocycles. The van der Waals surface area contributed by atoms with Crippen molar-refractivity contribution in [1.82, 2.24) is 5.32 Å². The molecule has 0 amide bonds. The van der Waals surface area contributed by atoms with Crippen LogP contribution in [0.3, 0.4) is 0 Å². The topological polar surface area (TPSA) is 30.5 Å². The van der Waals surface area contributed by atoms with Crippen LogP contribution < -0.4 is 5.32 Å². The van der Waals surface area contributed by atoms with Crippen molar-refractivity contribution in [2.24, 2.45) is 0 Å². The Hall–Kier alpha value is -0.970. The van der Waals surface area contributed by atoms with E-state index in [0.717, 1.165) is 18.5 Å². The molecule has 0 saturated heterocycles. The van der Waals surface area contributed by atoms with Crippen LogP contribution in [0.1, 0.15) is 17.5 Å². The van der Waals surface area contributed by atoms with Gasteiger partial charge in [0.2, 0.25) is 0 Å². The average Bonchev–Trinajstić information content (AvgIpc) is 2.33. The van der Waals surface area contributed by atoms with Gasteiger partial charge in [-0.05, 0) is 31.2 Å². The maximum atomic E-state index is 13.5. The number of halogens is 1. The molecule has 0 unspecified atom stereocenters. The molecule has 1 rings (SSSR count). The summed E-state index contributed by atoms with van der Waals surface area (Å²) in [5.41, 5.74) is 1.67. The Morgan fingerprint density at radius 2 is 2.12 bits per heavy atom. The molecule has 1 aromatic carbocycles. The molecule has 0 aromatic heterocycles. The van der Waals surface area contributed by atoms with Gasteiger partial charge in [0.25, 0.3) is 0 Å². The molecule has 0 fully saturated rings. The predicted molar refractivity (Wildman–Crippen MR) is 65.3 cm³/mol. The second-order valence-corrected chi connectivity index (χ2v) is 3.86. The van der Waals surface area contributed by atoms with Crippen LogP contribution >= 0.6 is 0 Å². The zero-order chi connectivity index (χ0) is 12.5. The van der Waals surface area contributed by atoms with E-state index in [9.17, 15) is 4.39 Å². The van der Waals surface area contributed by atoms with Crippen molar-refractivity contribution in [2.45, 2.75) is 19.6 Å². The van der Waals surface area contributed by atoms with Gasteiger partial charge in [-0.25, -0.2) is 4.39 Å². The molecule has 0 bridgehead atoms. The molecule has 0 atom stereocenters. The lowest BCUT2D eigenvalue weighted by atomic mass is 10.1. The van der Waals surface area contributed by atoms with Crippen molar-refractivity contribution < 1.29 is 13.9 Å². The first-order valence-electron chi connectivity index (χ1n) is 5.76. The molecule has 0 heterocycles. The minimum atomic E-state index is -0.211. The van der Waals surface area contributed by atoms with Gasteiger partial charge in [-0.2, -0.15) is 0 Å². The fraction of sp³-hybridized carbons (Fsp3) is 0.538. The second-order valence-electron chi connectivity index (χ2n) is 3.86. The van der Waals surface area contributed by atoms with Gasteiger partial charge in [0.15, 0.2) is 0 Å². The van der Waals surface area contributed by atoms with Gasteiger partial charge in [-0.3, -0.25) is 0 Å². The van der Waals surface area contributed by atoms with E-state index in [1.54, 1.807) is 13.2 Å². The van der Waals surface area contributed by atoms with E-state index in [2.05, 4.69) is 5.32 Å². The molecule has 4 heteroatoms. The minimum absolute atomic E-state index is 0.211. The zero-order valence-electron chi connectivity index (χ0n) is 10.5. The monoisotopic (exact) mass is 241 g/mol. The number of benzene rings is 1. The van der Waals surface area contributed by atoms with Crippen molar-refractivity contribution in [3.63, 3.8) is 0 Å². The Kier molecular flexibility index (Phi) is 6.77. The Labute approximate surface area is 102 Å². The van der Waals surface area contributed by atoms with Crippen LogP contribution in [0.25, 0.3) is 0 Å². The smallest absolute Gasteiger partial charge is 0.128 e. The molecule has 1 aromatic rings. The maximum Gasteiger partial charge on any atom is 0.128 e. The van der Waals surface area contributed by atoms with E-state index in [4.69, 9.17) is 9.47 Å². The molecule has 96 valence electrons. The number of hydrogen-bond acceptors (Lipinski definition) is 3. The number of rotatable bonds is 8. The minimum Gasteiger partial charge on any atom is -0.385 e. The van der Waals surface area contributed by atoms with Gasteiger partial charge in [0.05, 0.1) is 6.61 Å². The van der Waals surface area contributed by atoms with Gasteiger partial charge >= 0.3 is 0 Å².